The summed E-state index contributed by atoms with van der Waals surface area (Å²) in [4.78, 5) is 11.9. The van der Waals surface area contributed by atoms with Crippen molar-refractivity contribution in [3.8, 4) is 0 Å². The fourth-order valence-corrected chi connectivity index (χ4v) is 6.94. The minimum atomic E-state index is -0.773. The molecule has 4 aliphatic carbocycles. The standard InChI is InChI=1S/C21H30O2/c1-4-13-6-8-16-15-7-5-14-11-18(22)19(23)12-21(14,3)17(15)9-10-20(13,16)2/h4,11,15-17,19,23H,5-10,12H2,1-3H3/t15-,16-,17-,19?,20+,21-/m0/s1. The topological polar surface area (TPSA) is 37.3 Å². The van der Waals surface area contributed by atoms with Gasteiger partial charge in [0.05, 0.1) is 0 Å². The van der Waals surface area contributed by atoms with Crippen molar-refractivity contribution < 1.29 is 9.90 Å². The lowest BCUT2D eigenvalue weighted by molar-refractivity contribution is -0.127. The molecule has 1 unspecified atom stereocenters. The van der Waals surface area contributed by atoms with E-state index < -0.39 is 6.10 Å². The first-order valence-corrected chi connectivity index (χ1v) is 9.49. The van der Waals surface area contributed by atoms with Crippen LogP contribution in [-0.2, 0) is 4.79 Å². The number of ketones is 1. The summed E-state index contributed by atoms with van der Waals surface area (Å²) in [6.45, 7) is 7.05. The van der Waals surface area contributed by atoms with E-state index in [0.717, 1.165) is 18.3 Å². The largest absolute Gasteiger partial charge is 0.385 e. The van der Waals surface area contributed by atoms with Gasteiger partial charge in [0.1, 0.15) is 6.10 Å². The molecule has 0 aromatic carbocycles. The van der Waals surface area contributed by atoms with Crippen LogP contribution in [0.25, 0.3) is 0 Å². The van der Waals surface area contributed by atoms with Crippen LogP contribution in [0.2, 0.25) is 0 Å². The molecule has 0 saturated heterocycles. The SMILES string of the molecule is CC=C1CC[C@H]2[C@@H]3CCC4=CC(=O)C(O)C[C@]4(C)[C@H]3CC[C@]12C. The van der Waals surface area contributed by atoms with Crippen molar-refractivity contribution in [3.05, 3.63) is 23.3 Å². The van der Waals surface area contributed by atoms with Crippen LogP contribution in [0.15, 0.2) is 23.3 Å². The van der Waals surface area contributed by atoms with Gasteiger partial charge in [-0.2, -0.15) is 0 Å². The number of aliphatic hydroxyl groups excluding tert-OH is 1. The number of aliphatic hydroxyl groups is 1. The lowest BCUT2D eigenvalue weighted by atomic mass is 9.47. The van der Waals surface area contributed by atoms with Crippen LogP contribution in [0.1, 0.15) is 65.7 Å². The smallest absolute Gasteiger partial charge is 0.184 e. The number of fused-ring (bicyclic) bond motifs is 5. The maximum Gasteiger partial charge on any atom is 0.184 e. The van der Waals surface area contributed by atoms with E-state index in [9.17, 15) is 9.90 Å². The molecule has 1 N–H and O–H groups in total. The Morgan fingerprint density at radius 3 is 2.61 bits per heavy atom. The highest BCUT2D eigenvalue weighted by molar-refractivity contribution is 5.95. The number of carbonyl (C=O) groups is 1. The van der Waals surface area contributed by atoms with Gasteiger partial charge in [-0.25, -0.2) is 0 Å². The lowest BCUT2D eigenvalue weighted by Crippen LogP contribution is -2.51. The van der Waals surface area contributed by atoms with E-state index in [-0.39, 0.29) is 11.2 Å². The Hall–Kier alpha value is -0.890. The van der Waals surface area contributed by atoms with Crippen LogP contribution in [0.3, 0.4) is 0 Å². The van der Waals surface area contributed by atoms with E-state index in [2.05, 4.69) is 26.8 Å². The zero-order chi connectivity index (χ0) is 16.4. The highest BCUT2D eigenvalue weighted by Gasteiger charge is 2.58. The van der Waals surface area contributed by atoms with E-state index in [1.807, 2.05) is 0 Å². The Kier molecular flexibility index (Phi) is 3.43. The van der Waals surface area contributed by atoms with Crippen molar-refractivity contribution in [3.63, 3.8) is 0 Å². The highest BCUT2D eigenvalue weighted by Crippen LogP contribution is 2.66. The quantitative estimate of drug-likeness (QED) is 0.671. The highest BCUT2D eigenvalue weighted by atomic mass is 16.3. The summed E-state index contributed by atoms with van der Waals surface area (Å²) in [7, 11) is 0. The van der Waals surface area contributed by atoms with Crippen molar-refractivity contribution in [2.75, 3.05) is 0 Å². The van der Waals surface area contributed by atoms with Gasteiger partial charge in [0.25, 0.3) is 0 Å². The third kappa shape index (κ3) is 2.00. The van der Waals surface area contributed by atoms with Crippen LogP contribution < -0.4 is 0 Å². The average Bonchev–Trinajstić information content (AvgIpc) is 2.85. The monoisotopic (exact) mass is 314 g/mol. The Labute approximate surface area is 140 Å². The summed E-state index contributed by atoms with van der Waals surface area (Å²) in [6, 6.07) is 0. The van der Waals surface area contributed by atoms with Crippen molar-refractivity contribution in [2.45, 2.75) is 71.8 Å². The zero-order valence-corrected chi connectivity index (χ0v) is 14.8. The third-order valence-corrected chi connectivity index (χ3v) is 8.19. The average molecular weight is 314 g/mol. The molecule has 6 atom stereocenters. The fraction of sp³-hybridized carbons (Fsp3) is 0.762. The molecule has 3 fully saturated rings. The summed E-state index contributed by atoms with van der Waals surface area (Å²) in [5.41, 5.74) is 3.49. The summed E-state index contributed by atoms with van der Waals surface area (Å²) >= 11 is 0. The molecule has 0 spiro atoms. The fourth-order valence-electron chi connectivity index (χ4n) is 6.94. The Morgan fingerprint density at radius 2 is 1.87 bits per heavy atom. The molecule has 0 bridgehead atoms. The van der Waals surface area contributed by atoms with Crippen LogP contribution >= 0.6 is 0 Å². The Bertz CT molecular complexity index is 601. The van der Waals surface area contributed by atoms with Gasteiger partial charge in [-0.1, -0.05) is 31.1 Å². The molecule has 0 radical (unpaired) electrons. The maximum absolute atomic E-state index is 11.9. The number of hydrogen-bond acceptors (Lipinski definition) is 2. The van der Waals surface area contributed by atoms with Gasteiger partial charge in [0.15, 0.2) is 5.78 Å². The number of rotatable bonds is 0. The molecule has 0 amide bonds. The molecular formula is C21H30O2. The van der Waals surface area contributed by atoms with Gasteiger partial charge in [-0.15, -0.1) is 0 Å². The lowest BCUT2D eigenvalue weighted by Gasteiger charge is -2.57. The minimum Gasteiger partial charge on any atom is -0.385 e. The van der Waals surface area contributed by atoms with E-state index in [4.69, 9.17) is 0 Å². The number of allylic oxidation sites excluding steroid dienone is 3. The maximum atomic E-state index is 11.9. The third-order valence-electron chi connectivity index (χ3n) is 8.19. The minimum absolute atomic E-state index is 0.0518. The van der Waals surface area contributed by atoms with E-state index >= 15 is 0 Å². The Balaban J connectivity index is 1.70. The molecule has 3 saturated carbocycles. The van der Waals surface area contributed by atoms with Gasteiger partial charge in [-0.3, -0.25) is 4.79 Å². The molecule has 2 heteroatoms. The summed E-state index contributed by atoms with van der Waals surface area (Å²) < 4.78 is 0. The predicted octanol–water partition coefficient (Wildman–Crippen LogP) is 4.44. The van der Waals surface area contributed by atoms with Crippen molar-refractivity contribution in [2.24, 2.45) is 28.6 Å². The molecule has 0 aromatic rings. The zero-order valence-electron chi connectivity index (χ0n) is 14.8. The molecule has 23 heavy (non-hydrogen) atoms. The molecular weight excluding hydrogens is 284 g/mol. The van der Waals surface area contributed by atoms with Crippen LogP contribution in [-0.4, -0.2) is 17.0 Å². The molecule has 4 rings (SSSR count). The van der Waals surface area contributed by atoms with Gasteiger partial charge in [-0.05, 0) is 86.5 Å². The van der Waals surface area contributed by atoms with Crippen molar-refractivity contribution >= 4 is 5.78 Å². The number of hydrogen-bond donors (Lipinski definition) is 1. The molecule has 4 aliphatic rings. The van der Waals surface area contributed by atoms with Crippen molar-refractivity contribution in [1.29, 1.82) is 0 Å². The van der Waals surface area contributed by atoms with Gasteiger partial charge in [0, 0.05) is 0 Å². The van der Waals surface area contributed by atoms with Gasteiger partial charge in [0.2, 0.25) is 0 Å². The Morgan fingerprint density at radius 1 is 1.13 bits per heavy atom. The van der Waals surface area contributed by atoms with Crippen LogP contribution in [0.4, 0.5) is 0 Å². The molecule has 2 nitrogen and oxygen atoms in total. The first kappa shape index (κ1) is 15.6. The second kappa shape index (κ2) is 5.05. The normalized spacial score (nSPS) is 51.0. The van der Waals surface area contributed by atoms with Crippen LogP contribution in [0, 0.1) is 28.6 Å². The van der Waals surface area contributed by atoms with E-state index in [1.54, 1.807) is 11.6 Å². The second-order valence-corrected chi connectivity index (χ2v) is 8.93. The molecule has 126 valence electrons. The van der Waals surface area contributed by atoms with Crippen LogP contribution in [0.5, 0.6) is 0 Å². The van der Waals surface area contributed by atoms with Gasteiger partial charge >= 0.3 is 0 Å². The van der Waals surface area contributed by atoms with Crippen molar-refractivity contribution in [1.82, 2.24) is 0 Å². The predicted molar refractivity (Wildman–Crippen MR) is 91.9 cm³/mol. The number of carbonyl (C=O) groups excluding carboxylic acids is 1. The van der Waals surface area contributed by atoms with Gasteiger partial charge < -0.3 is 5.11 Å². The molecule has 0 heterocycles. The first-order chi connectivity index (χ1) is 10.9. The summed E-state index contributed by atoms with van der Waals surface area (Å²) in [6.07, 6.45) is 11.5. The summed E-state index contributed by atoms with van der Waals surface area (Å²) in [5, 5.41) is 10.2. The van der Waals surface area contributed by atoms with E-state index in [1.165, 1.54) is 37.7 Å². The molecule has 0 aromatic heterocycles. The molecule has 0 aliphatic heterocycles. The second-order valence-electron chi connectivity index (χ2n) is 8.93. The summed E-state index contributed by atoms with van der Waals surface area (Å²) in [5.74, 6) is 2.17. The van der Waals surface area contributed by atoms with E-state index in [0.29, 0.717) is 17.8 Å². The first-order valence-electron chi connectivity index (χ1n) is 9.49.